The van der Waals surface area contributed by atoms with Gasteiger partial charge < -0.3 is 4.57 Å². The standard InChI is InChI=1S/C15H18ClNO/c1-12(6-9-16)7-10-17-11-8-15(18)13-4-2-3-5-14(13)17/h2-5,8,11-12H,6-7,9-10H2,1H3. The second-order valence-electron chi connectivity index (χ2n) is 4.76. The fourth-order valence-corrected chi connectivity index (χ4v) is 2.52. The first-order chi connectivity index (χ1) is 8.72. The van der Waals surface area contributed by atoms with E-state index >= 15 is 0 Å². The highest BCUT2D eigenvalue weighted by Gasteiger charge is 2.04. The summed E-state index contributed by atoms with van der Waals surface area (Å²) >= 11 is 5.75. The van der Waals surface area contributed by atoms with E-state index in [1.165, 1.54) is 0 Å². The van der Waals surface area contributed by atoms with Crippen molar-refractivity contribution in [1.29, 1.82) is 0 Å². The molecule has 0 bridgehead atoms. The Balaban J connectivity index is 2.24. The zero-order valence-electron chi connectivity index (χ0n) is 10.6. The molecule has 0 aliphatic rings. The van der Waals surface area contributed by atoms with Crippen molar-refractivity contribution in [1.82, 2.24) is 4.57 Å². The molecule has 96 valence electrons. The van der Waals surface area contributed by atoms with Crippen LogP contribution in [-0.4, -0.2) is 10.4 Å². The van der Waals surface area contributed by atoms with Gasteiger partial charge in [-0.05, 0) is 30.9 Å². The van der Waals surface area contributed by atoms with Gasteiger partial charge in [0.2, 0.25) is 0 Å². The number of alkyl halides is 1. The maximum atomic E-state index is 11.7. The molecule has 2 rings (SSSR count). The molecule has 0 fully saturated rings. The van der Waals surface area contributed by atoms with Gasteiger partial charge >= 0.3 is 0 Å². The number of nitrogens with zero attached hydrogens (tertiary/aromatic N) is 1. The van der Waals surface area contributed by atoms with E-state index in [1.54, 1.807) is 6.07 Å². The Morgan fingerprint density at radius 1 is 1.22 bits per heavy atom. The van der Waals surface area contributed by atoms with Gasteiger partial charge in [-0.25, -0.2) is 0 Å². The van der Waals surface area contributed by atoms with E-state index < -0.39 is 0 Å². The van der Waals surface area contributed by atoms with E-state index in [0.29, 0.717) is 11.8 Å². The van der Waals surface area contributed by atoms with Gasteiger partial charge in [0.1, 0.15) is 0 Å². The number of pyridine rings is 1. The molecule has 0 amide bonds. The lowest BCUT2D eigenvalue weighted by molar-refractivity contribution is 0.475. The molecular formula is C15H18ClNO. The predicted molar refractivity (Wildman–Crippen MR) is 77.3 cm³/mol. The highest BCUT2D eigenvalue weighted by molar-refractivity contribution is 6.17. The van der Waals surface area contributed by atoms with Crippen LogP contribution in [0.2, 0.25) is 0 Å². The third-order valence-corrected chi connectivity index (χ3v) is 3.57. The molecule has 0 radical (unpaired) electrons. The molecule has 0 aliphatic carbocycles. The summed E-state index contributed by atoms with van der Waals surface area (Å²) in [7, 11) is 0. The van der Waals surface area contributed by atoms with Crippen LogP contribution < -0.4 is 5.43 Å². The van der Waals surface area contributed by atoms with Crippen LogP contribution in [-0.2, 0) is 6.54 Å². The highest BCUT2D eigenvalue weighted by atomic mass is 35.5. The molecular weight excluding hydrogens is 246 g/mol. The number of aryl methyl sites for hydroxylation is 1. The van der Waals surface area contributed by atoms with Crippen molar-refractivity contribution in [2.45, 2.75) is 26.3 Å². The number of rotatable bonds is 5. The van der Waals surface area contributed by atoms with Crippen LogP contribution in [0.5, 0.6) is 0 Å². The number of aromatic nitrogens is 1. The van der Waals surface area contributed by atoms with Crippen molar-refractivity contribution in [2.75, 3.05) is 5.88 Å². The third kappa shape index (κ3) is 2.94. The molecule has 18 heavy (non-hydrogen) atoms. The number of hydrogen-bond donors (Lipinski definition) is 0. The minimum absolute atomic E-state index is 0.0932. The van der Waals surface area contributed by atoms with Crippen LogP contribution in [0.3, 0.4) is 0 Å². The quantitative estimate of drug-likeness (QED) is 0.755. The van der Waals surface area contributed by atoms with Crippen molar-refractivity contribution in [3.8, 4) is 0 Å². The van der Waals surface area contributed by atoms with Gasteiger partial charge in [-0.3, -0.25) is 4.79 Å². The van der Waals surface area contributed by atoms with Crippen LogP contribution in [0, 0.1) is 5.92 Å². The van der Waals surface area contributed by atoms with Gasteiger partial charge in [-0.15, -0.1) is 11.6 Å². The molecule has 1 heterocycles. The Kier molecular flexibility index (Phi) is 4.43. The monoisotopic (exact) mass is 263 g/mol. The van der Waals surface area contributed by atoms with E-state index in [1.807, 2.05) is 30.5 Å². The largest absolute Gasteiger partial charge is 0.347 e. The zero-order chi connectivity index (χ0) is 13.0. The van der Waals surface area contributed by atoms with Gasteiger partial charge in [0, 0.05) is 30.1 Å². The first kappa shape index (κ1) is 13.2. The molecule has 2 nitrogen and oxygen atoms in total. The van der Waals surface area contributed by atoms with Crippen molar-refractivity contribution in [3.63, 3.8) is 0 Å². The van der Waals surface area contributed by atoms with Gasteiger partial charge in [0.15, 0.2) is 5.43 Å². The summed E-state index contributed by atoms with van der Waals surface area (Å²) in [6.07, 6.45) is 4.01. The summed E-state index contributed by atoms with van der Waals surface area (Å²) in [5, 5.41) is 0.796. The van der Waals surface area contributed by atoms with Crippen LogP contribution >= 0.6 is 11.6 Å². The molecule has 0 N–H and O–H groups in total. The van der Waals surface area contributed by atoms with E-state index in [4.69, 9.17) is 11.6 Å². The molecule has 1 aromatic heterocycles. The second kappa shape index (κ2) is 6.05. The van der Waals surface area contributed by atoms with Crippen molar-refractivity contribution in [3.05, 3.63) is 46.8 Å². The Bertz CT molecular complexity index is 576. The van der Waals surface area contributed by atoms with Crippen molar-refractivity contribution >= 4 is 22.5 Å². The van der Waals surface area contributed by atoms with Crippen LogP contribution in [0.1, 0.15) is 19.8 Å². The number of hydrogen-bond acceptors (Lipinski definition) is 1. The molecule has 0 spiro atoms. The number of halogens is 1. The lowest BCUT2D eigenvalue weighted by Gasteiger charge is -2.13. The van der Waals surface area contributed by atoms with Crippen molar-refractivity contribution < 1.29 is 0 Å². The Hall–Kier alpha value is -1.28. The fraction of sp³-hybridized carbons (Fsp3) is 0.400. The van der Waals surface area contributed by atoms with Gasteiger partial charge in [-0.1, -0.05) is 19.1 Å². The maximum absolute atomic E-state index is 11.7. The first-order valence-corrected chi connectivity index (χ1v) is 6.90. The molecule has 3 heteroatoms. The molecule has 0 saturated carbocycles. The van der Waals surface area contributed by atoms with E-state index in [-0.39, 0.29) is 5.43 Å². The number of fused-ring (bicyclic) bond motifs is 1. The molecule has 1 aromatic carbocycles. The van der Waals surface area contributed by atoms with Crippen molar-refractivity contribution in [2.24, 2.45) is 5.92 Å². The fourth-order valence-electron chi connectivity index (χ4n) is 2.15. The third-order valence-electron chi connectivity index (χ3n) is 3.35. The smallest absolute Gasteiger partial charge is 0.189 e. The topological polar surface area (TPSA) is 22.0 Å². The predicted octanol–water partition coefficient (Wildman–Crippen LogP) is 3.66. The van der Waals surface area contributed by atoms with E-state index in [2.05, 4.69) is 11.5 Å². The highest BCUT2D eigenvalue weighted by Crippen LogP contribution is 2.14. The normalized spacial score (nSPS) is 12.8. The molecule has 1 atom stereocenters. The molecule has 1 unspecified atom stereocenters. The Labute approximate surface area is 112 Å². The summed E-state index contributed by atoms with van der Waals surface area (Å²) in [6.45, 7) is 3.14. The summed E-state index contributed by atoms with van der Waals surface area (Å²) in [4.78, 5) is 11.7. The number of para-hydroxylation sites is 1. The van der Waals surface area contributed by atoms with E-state index in [9.17, 15) is 4.79 Å². The van der Waals surface area contributed by atoms with Crippen LogP contribution in [0.25, 0.3) is 10.9 Å². The average molecular weight is 264 g/mol. The molecule has 2 aromatic rings. The van der Waals surface area contributed by atoms with Gasteiger partial charge in [0.25, 0.3) is 0 Å². The number of benzene rings is 1. The summed E-state index contributed by atoms with van der Waals surface area (Å²) in [5.74, 6) is 1.33. The minimum Gasteiger partial charge on any atom is -0.347 e. The average Bonchev–Trinajstić information content (AvgIpc) is 2.39. The van der Waals surface area contributed by atoms with Gasteiger partial charge in [-0.2, -0.15) is 0 Å². The summed E-state index contributed by atoms with van der Waals surface area (Å²) in [5.41, 5.74) is 1.11. The lowest BCUT2D eigenvalue weighted by Crippen LogP contribution is -2.10. The molecule has 0 aliphatic heterocycles. The Morgan fingerprint density at radius 3 is 2.78 bits per heavy atom. The SMILES string of the molecule is CC(CCCl)CCn1ccc(=O)c2ccccc21. The zero-order valence-corrected chi connectivity index (χ0v) is 11.4. The lowest BCUT2D eigenvalue weighted by atomic mass is 10.1. The van der Waals surface area contributed by atoms with Gasteiger partial charge in [0.05, 0.1) is 5.52 Å². The second-order valence-corrected chi connectivity index (χ2v) is 5.14. The van der Waals surface area contributed by atoms with E-state index in [0.717, 1.165) is 30.3 Å². The summed E-state index contributed by atoms with van der Waals surface area (Å²) < 4.78 is 2.15. The summed E-state index contributed by atoms with van der Waals surface area (Å²) in [6, 6.07) is 9.42. The first-order valence-electron chi connectivity index (χ1n) is 6.36. The molecule has 0 saturated heterocycles. The minimum atomic E-state index is 0.0932. The maximum Gasteiger partial charge on any atom is 0.189 e. The Morgan fingerprint density at radius 2 is 2.00 bits per heavy atom. The van der Waals surface area contributed by atoms with Crippen LogP contribution in [0.4, 0.5) is 0 Å². The van der Waals surface area contributed by atoms with Crippen LogP contribution in [0.15, 0.2) is 41.3 Å².